The van der Waals surface area contributed by atoms with E-state index in [0.29, 0.717) is 29.3 Å². The van der Waals surface area contributed by atoms with Crippen LogP contribution in [0, 0.1) is 5.92 Å². The van der Waals surface area contributed by atoms with E-state index in [1.807, 2.05) is 4.90 Å². The van der Waals surface area contributed by atoms with Crippen LogP contribution in [0.3, 0.4) is 0 Å². The zero-order chi connectivity index (χ0) is 20.4. The van der Waals surface area contributed by atoms with E-state index >= 15 is 0 Å². The van der Waals surface area contributed by atoms with Crippen molar-refractivity contribution in [3.8, 4) is 0 Å². The first-order valence-electron chi connectivity index (χ1n) is 9.34. The molecule has 0 bridgehead atoms. The molecule has 6 nitrogen and oxygen atoms in total. The molecule has 1 N–H and O–H groups in total. The SMILES string of the molecule is O=C(CN1CCC(Cn2c(C(F)(F)F)nc3ccccc32)CC1)Nc1nccs1. The molecular formula is C19H20F3N5OS. The van der Waals surface area contributed by atoms with Gasteiger partial charge in [0.2, 0.25) is 11.7 Å². The lowest BCUT2D eigenvalue weighted by Crippen LogP contribution is -2.40. The number of nitrogens with one attached hydrogen (secondary N) is 1. The largest absolute Gasteiger partial charge is 0.449 e. The number of carbonyl (C=O) groups is 1. The van der Waals surface area contributed by atoms with Crippen molar-refractivity contribution in [3.05, 3.63) is 41.7 Å². The molecule has 4 rings (SSSR count). The molecule has 154 valence electrons. The number of hydrogen-bond acceptors (Lipinski definition) is 5. The number of fused-ring (bicyclic) bond motifs is 1. The summed E-state index contributed by atoms with van der Waals surface area (Å²) in [5.41, 5.74) is 0.862. The number of amides is 1. The van der Waals surface area contributed by atoms with Crippen molar-refractivity contribution < 1.29 is 18.0 Å². The summed E-state index contributed by atoms with van der Waals surface area (Å²) in [6, 6.07) is 6.69. The predicted octanol–water partition coefficient (Wildman–Crippen LogP) is 3.86. The Morgan fingerprint density at radius 3 is 2.69 bits per heavy atom. The van der Waals surface area contributed by atoms with Crippen molar-refractivity contribution >= 4 is 33.4 Å². The Bertz CT molecular complexity index is 978. The Morgan fingerprint density at radius 2 is 2.00 bits per heavy atom. The van der Waals surface area contributed by atoms with Gasteiger partial charge in [0.05, 0.1) is 17.6 Å². The number of likely N-dealkylation sites (tertiary alicyclic amines) is 1. The van der Waals surface area contributed by atoms with Crippen LogP contribution in [-0.4, -0.2) is 45.0 Å². The van der Waals surface area contributed by atoms with Gasteiger partial charge in [-0.05, 0) is 44.0 Å². The second-order valence-electron chi connectivity index (χ2n) is 7.14. The van der Waals surface area contributed by atoms with Crippen LogP contribution in [0.15, 0.2) is 35.8 Å². The molecule has 0 unspecified atom stereocenters. The van der Waals surface area contributed by atoms with Crippen LogP contribution in [0.2, 0.25) is 0 Å². The number of benzene rings is 1. The van der Waals surface area contributed by atoms with Gasteiger partial charge in [0, 0.05) is 18.1 Å². The molecule has 3 heterocycles. The average Bonchev–Trinajstić information content (AvgIpc) is 3.31. The highest BCUT2D eigenvalue weighted by Crippen LogP contribution is 2.33. The summed E-state index contributed by atoms with van der Waals surface area (Å²) in [6.45, 7) is 1.87. The number of thiazole rings is 1. The third-order valence-corrected chi connectivity index (χ3v) is 5.79. The van der Waals surface area contributed by atoms with Gasteiger partial charge >= 0.3 is 6.18 Å². The Morgan fingerprint density at radius 1 is 1.24 bits per heavy atom. The second kappa shape index (κ2) is 8.11. The van der Waals surface area contributed by atoms with E-state index < -0.39 is 12.0 Å². The number of piperidine rings is 1. The van der Waals surface area contributed by atoms with E-state index in [2.05, 4.69) is 15.3 Å². The summed E-state index contributed by atoms with van der Waals surface area (Å²) >= 11 is 1.36. The molecule has 1 aromatic carbocycles. The van der Waals surface area contributed by atoms with Gasteiger partial charge in [0.1, 0.15) is 0 Å². The average molecular weight is 423 g/mol. The lowest BCUT2D eigenvalue weighted by molar-refractivity contribution is -0.147. The maximum Gasteiger partial charge on any atom is 0.449 e. The fraction of sp³-hybridized carbons (Fsp3) is 0.421. The number of carbonyl (C=O) groups excluding carboxylic acids is 1. The van der Waals surface area contributed by atoms with Crippen LogP contribution < -0.4 is 5.32 Å². The van der Waals surface area contributed by atoms with Crippen molar-refractivity contribution in [2.45, 2.75) is 25.6 Å². The molecule has 29 heavy (non-hydrogen) atoms. The van der Waals surface area contributed by atoms with Crippen LogP contribution in [0.1, 0.15) is 18.7 Å². The molecule has 1 fully saturated rings. The summed E-state index contributed by atoms with van der Waals surface area (Å²) in [7, 11) is 0. The summed E-state index contributed by atoms with van der Waals surface area (Å²) in [5.74, 6) is -0.866. The zero-order valence-electron chi connectivity index (χ0n) is 15.5. The predicted molar refractivity (Wildman–Crippen MR) is 105 cm³/mol. The van der Waals surface area contributed by atoms with Gasteiger partial charge in [0.25, 0.3) is 0 Å². The van der Waals surface area contributed by atoms with E-state index in [-0.39, 0.29) is 24.9 Å². The van der Waals surface area contributed by atoms with Crippen LogP contribution in [0.25, 0.3) is 11.0 Å². The summed E-state index contributed by atoms with van der Waals surface area (Å²) in [5, 5.41) is 5.10. The third-order valence-electron chi connectivity index (χ3n) is 5.10. The molecule has 10 heteroatoms. The molecule has 0 saturated carbocycles. The molecule has 0 aliphatic carbocycles. The fourth-order valence-corrected chi connectivity index (χ4v) is 4.25. The first-order valence-corrected chi connectivity index (χ1v) is 10.2. The number of halogens is 3. The van der Waals surface area contributed by atoms with Crippen molar-refractivity contribution in [2.75, 3.05) is 25.0 Å². The lowest BCUT2D eigenvalue weighted by Gasteiger charge is -2.32. The smallest absolute Gasteiger partial charge is 0.320 e. The normalized spacial score (nSPS) is 16.4. The standard InChI is InChI=1S/C19H20F3N5OS/c20-19(21,22)17-24-14-3-1-2-4-15(14)27(17)11-13-5-8-26(9-6-13)12-16(28)25-18-23-7-10-29-18/h1-4,7,10,13H,5-6,8-9,11-12H2,(H,23,25,28). The number of hydrogen-bond donors (Lipinski definition) is 1. The molecule has 1 amide bonds. The highest BCUT2D eigenvalue weighted by Gasteiger charge is 2.38. The fourth-order valence-electron chi connectivity index (χ4n) is 3.71. The van der Waals surface area contributed by atoms with Gasteiger partial charge in [0.15, 0.2) is 5.13 Å². The minimum Gasteiger partial charge on any atom is -0.320 e. The summed E-state index contributed by atoms with van der Waals surface area (Å²) in [6.07, 6.45) is -1.41. The van der Waals surface area contributed by atoms with Crippen molar-refractivity contribution in [1.29, 1.82) is 0 Å². The van der Waals surface area contributed by atoms with Gasteiger partial charge in [-0.15, -0.1) is 11.3 Å². The Balaban J connectivity index is 1.38. The topological polar surface area (TPSA) is 63.1 Å². The van der Waals surface area contributed by atoms with Crippen LogP contribution in [0.4, 0.5) is 18.3 Å². The van der Waals surface area contributed by atoms with Gasteiger partial charge in [-0.3, -0.25) is 9.69 Å². The monoisotopic (exact) mass is 423 g/mol. The van der Waals surface area contributed by atoms with Gasteiger partial charge in [-0.25, -0.2) is 9.97 Å². The van der Waals surface area contributed by atoms with E-state index in [4.69, 9.17) is 0 Å². The minimum absolute atomic E-state index is 0.104. The maximum atomic E-state index is 13.5. The molecule has 2 aromatic heterocycles. The van der Waals surface area contributed by atoms with E-state index in [1.165, 1.54) is 15.9 Å². The number of rotatable bonds is 5. The Labute approximate surface area is 169 Å². The Kier molecular flexibility index (Phi) is 5.55. The quantitative estimate of drug-likeness (QED) is 0.677. The minimum atomic E-state index is -4.49. The number of aromatic nitrogens is 3. The summed E-state index contributed by atoms with van der Waals surface area (Å²) < 4.78 is 41.7. The zero-order valence-corrected chi connectivity index (χ0v) is 16.3. The molecule has 1 aliphatic rings. The number of imidazole rings is 1. The lowest BCUT2D eigenvalue weighted by atomic mass is 9.96. The Hall–Kier alpha value is -2.46. The summed E-state index contributed by atoms with van der Waals surface area (Å²) in [4.78, 5) is 22.0. The molecule has 1 saturated heterocycles. The van der Waals surface area contributed by atoms with Crippen molar-refractivity contribution in [1.82, 2.24) is 19.4 Å². The third kappa shape index (κ3) is 4.59. The van der Waals surface area contributed by atoms with Gasteiger partial charge in [-0.1, -0.05) is 12.1 Å². The van der Waals surface area contributed by atoms with Crippen LogP contribution in [-0.2, 0) is 17.5 Å². The number of anilines is 1. The highest BCUT2D eigenvalue weighted by atomic mass is 32.1. The van der Waals surface area contributed by atoms with Gasteiger partial charge in [-0.2, -0.15) is 13.2 Å². The number of para-hydroxylation sites is 2. The van der Waals surface area contributed by atoms with Crippen LogP contribution >= 0.6 is 11.3 Å². The first kappa shape index (κ1) is 19.8. The first-order chi connectivity index (χ1) is 13.9. The van der Waals surface area contributed by atoms with Crippen molar-refractivity contribution in [3.63, 3.8) is 0 Å². The number of nitrogens with zero attached hydrogens (tertiary/aromatic N) is 4. The molecule has 0 radical (unpaired) electrons. The molecular weight excluding hydrogens is 403 g/mol. The van der Waals surface area contributed by atoms with Gasteiger partial charge < -0.3 is 9.88 Å². The molecule has 1 aliphatic heterocycles. The highest BCUT2D eigenvalue weighted by molar-refractivity contribution is 7.13. The molecule has 0 spiro atoms. The number of alkyl halides is 3. The van der Waals surface area contributed by atoms with E-state index in [9.17, 15) is 18.0 Å². The van der Waals surface area contributed by atoms with Crippen LogP contribution in [0.5, 0.6) is 0 Å². The molecule has 3 aromatic rings. The second-order valence-corrected chi connectivity index (χ2v) is 8.03. The van der Waals surface area contributed by atoms with Crippen molar-refractivity contribution in [2.24, 2.45) is 5.92 Å². The van der Waals surface area contributed by atoms with E-state index in [0.717, 1.165) is 12.8 Å². The maximum absolute atomic E-state index is 13.5. The molecule has 0 atom stereocenters. The van der Waals surface area contributed by atoms with E-state index in [1.54, 1.807) is 35.8 Å².